The van der Waals surface area contributed by atoms with Crippen molar-refractivity contribution < 1.29 is 14.7 Å². The Hall–Kier alpha value is -0.960. The molecule has 0 bridgehead atoms. The highest BCUT2D eigenvalue weighted by Crippen LogP contribution is 2.65. The van der Waals surface area contributed by atoms with Crippen LogP contribution in [0.2, 0.25) is 0 Å². The Balaban J connectivity index is 1.83. The van der Waals surface area contributed by atoms with Crippen LogP contribution in [0.25, 0.3) is 0 Å². The Kier molecular flexibility index (Phi) is 3.23. The maximum absolute atomic E-state index is 12.9. The molecule has 23 heavy (non-hydrogen) atoms. The molecule has 3 saturated carbocycles. The monoisotopic (exact) mass is 316 g/mol. The van der Waals surface area contributed by atoms with Crippen molar-refractivity contribution in [2.45, 2.75) is 65.4 Å². The summed E-state index contributed by atoms with van der Waals surface area (Å²) in [5, 5.41) is 11.0. The summed E-state index contributed by atoms with van der Waals surface area (Å²) in [4.78, 5) is 24.8. The molecular formula is C20H28O3. The molecule has 3 nitrogen and oxygen atoms in total. The van der Waals surface area contributed by atoms with Crippen molar-refractivity contribution in [1.29, 1.82) is 0 Å². The van der Waals surface area contributed by atoms with E-state index in [4.69, 9.17) is 0 Å². The third kappa shape index (κ3) is 1.92. The van der Waals surface area contributed by atoms with Gasteiger partial charge in [0, 0.05) is 5.92 Å². The first-order valence-corrected chi connectivity index (χ1v) is 9.23. The van der Waals surface area contributed by atoms with Gasteiger partial charge in [0.1, 0.15) is 0 Å². The van der Waals surface area contributed by atoms with Gasteiger partial charge in [-0.05, 0) is 61.9 Å². The quantitative estimate of drug-likeness (QED) is 0.698. The van der Waals surface area contributed by atoms with Gasteiger partial charge in [-0.25, -0.2) is 0 Å². The van der Waals surface area contributed by atoms with Crippen LogP contribution >= 0.6 is 0 Å². The Labute approximate surface area is 138 Å². The minimum atomic E-state index is -0.625. The Morgan fingerprint density at radius 3 is 2.74 bits per heavy atom. The minimum Gasteiger partial charge on any atom is -0.393 e. The normalized spacial score (nSPS) is 52.5. The molecule has 0 aromatic carbocycles. The maximum Gasteiger partial charge on any atom is 0.163 e. The predicted octanol–water partition coefficient (Wildman–Crippen LogP) is 3.30. The van der Waals surface area contributed by atoms with E-state index in [9.17, 15) is 14.7 Å². The highest BCUT2D eigenvalue weighted by atomic mass is 16.3. The second-order valence-corrected chi connectivity index (χ2v) is 9.12. The third-order valence-corrected chi connectivity index (χ3v) is 7.88. The van der Waals surface area contributed by atoms with Gasteiger partial charge in [-0.1, -0.05) is 25.8 Å². The predicted molar refractivity (Wildman–Crippen MR) is 87.7 cm³/mol. The van der Waals surface area contributed by atoms with Crippen LogP contribution in [0.4, 0.5) is 0 Å². The van der Waals surface area contributed by atoms with Crippen LogP contribution in [-0.4, -0.2) is 22.8 Å². The molecule has 1 N–H and O–H groups in total. The summed E-state index contributed by atoms with van der Waals surface area (Å²) in [7, 11) is 0. The molecule has 0 aromatic heterocycles. The molecule has 4 aliphatic carbocycles. The summed E-state index contributed by atoms with van der Waals surface area (Å²) in [5.74, 6) is 1.31. The van der Waals surface area contributed by atoms with Gasteiger partial charge in [0.05, 0.1) is 17.9 Å². The zero-order valence-electron chi connectivity index (χ0n) is 14.5. The Bertz CT molecular complexity index is 606. The van der Waals surface area contributed by atoms with Gasteiger partial charge in [-0.2, -0.15) is 0 Å². The molecule has 0 aliphatic heterocycles. The van der Waals surface area contributed by atoms with Crippen LogP contribution in [0.3, 0.4) is 0 Å². The first-order chi connectivity index (χ1) is 10.8. The standard InChI is InChI=1S/C20H28O3/c1-11-7-13-14-5-4-6-19(14,2)10-16(22)18(13)20(3)15(11)8-12(21)9-17(20)23/h8,11,13-14,16,18,22H,4-7,9-10H2,1-3H3/t11-,13-,14-,16-,18+,19-,20+/m0/s1. The zero-order chi connectivity index (χ0) is 16.6. The van der Waals surface area contributed by atoms with Crippen molar-refractivity contribution in [2.24, 2.45) is 34.5 Å². The molecule has 4 aliphatic rings. The van der Waals surface area contributed by atoms with Gasteiger partial charge < -0.3 is 5.11 Å². The van der Waals surface area contributed by atoms with Crippen molar-refractivity contribution >= 4 is 11.6 Å². The lowest BCUT2D eigenvalue weighted by molar-refractivity contribution is -0.154. The second kappa shape index (κ2) is 4.78. The summed E-state index contributed by atoms with van der Waals surface area (Å²) in [6.45, 7) is 6.52. The number of allylic oxidation sites excluding steroid dienone is 1. The molecule has 0 heterocycles. The van der Waals surface area contributed by atoms with Crippen LogP contribution < -0.4 is 0 Å². The fraction of sp³-hybridized carbons (Fsp3) is 0.800. The first-order valence-electron chi connectivity index (χ1n) is 9.23. The molecule has 0 aromatic rings. The molecule has 7 atom stereocenters. The van der Waals surface area contributed by atoms with E-state index in [1.807, 2.05) is 6.92 Å². The SMILES string of the molecule is C[C@H]1C[C@@H]2[C@H]([C@@H](O)C[C@]3(C)CCC[C@@H]23)[C@@]2(C)C(=O)CC(=O)C=C12. The molecule has 126 valence electrons. The third-order valence-electron chi connectivity index (χ3n) is 7.88. The average Bonchev–Trinajstić information content (AvgIpc) is 2.83. The Morgan fingerprint density at radius 2 is 2.00 bits per heavy atom. The van der Waals surface area contributed by atoms with Crippen molar-refractivity contribution in [3.8, 4) is 0 Å². The number of hydrogen-bond acceptors (Lipinski definition) is 3. The summed E-state index contributed by atoms with van der Waals surface area (Å²) >= 11 is 0. The molecule has 0 saturated heterocycles. The maximum atomic E-state index is 12.9. The summed E-state index contributed by atoms with van der Waals surface area (Å²) in [6.07, 6.45) is 6.86. The van der Waals surface area contributed by atoms with Crippen molar-refractivity contribution in [3.63, 3.8) is 0 Å². The molecular weight excluding hydrogens is 288 g/mol. The van der Waals surface area contributed by atoms with Gasteiger partial charge in [-0.3, -0.25) is 9.59 Å². The van der Waals surface area contributed by atoms with E-state index in [1.165, 1.54) is 19.3 Å². The summed E-state index contributed by atoms with van der Waals surface area (Å²) in [6, 6.07) is 0. The van der Waals surface area contributed by atoms with E-state index in [2.05, 4.69) is 13.8 Å². The van der Waals surface area contributed by atoms with E-state index in [1.54, 1.807) is 6.08 Å². The van der Waals surface area contributed by atoms with E-state index in [-0.39, 0.29) is 35.2 Å². The lowest BCUT2D eigenvalue weighted by Gasteiger charge is -2.59. The molecule has 3 heteroatoms. The van der Waals surface area contributed by atoms with E-state index < -0.39 is 11.5 Å². The van der Waals surface area contributed by atoms with E-state index in [0.29, 0.717) is 11.8 Å². The smallest absolute Gasteiger partial charge is 0.163 e. The van der Waals surface area contributed by atoms with Crippen LogP contribution in [0.5, 0.6) is 0 Å². The number of carbonyl (C=O) groups excluding carboxylic acids is 2. The average molecular weight is 316 g/mol. The number of aliphatic hydroxyl groups excluding tert-OH is 1. The van der Waals surface area contributed by atoms with Crippen LogP contribution in [0, 0.1) is 34.5 Å². The number of hydrogen-bond donors (Lipinski definition) is 1. The molecule has 0 radical (unpaired) electrons. The first kappa shape index (κ1) is 15.6. The summed E-state index contributed by atoms with van der Waals surface area (Å²) in [5.41, 5.74) is 0.617. The molecule has 0 unspecified atom stereocenters. The molecule has 3 fully saturated rings. The van der Waals surface area contributed by atoms with E-state index in [0.717, 1.165) is 18.4 Å². The number of rotatable bonds is 0. The fourth-order valence-corrected chi connectivity index (χ4v) is 6.95. The van der Waals surface area contributed by atoms with Crippen LogP contribution in [0.15, 0.2) is 11.6 Å². The highest BCUT2D eigenvalue weighted by Gasteiger charge is 2.63. The van der Waals surface area contributed by atoms with Crippen molar-refractivity contribution in [1.82, 2.24) is 0 Å². The summed E-state index contributed by atoms with van der Waals surface area (Å²) < 4.78 is 0. The second-order valence-electron chi connectivity index (χ2n) is 9.12. The van der Waals surface area contributed by atoms with Gasteiger partial charge in [0.2, 0.25) is 0 Å². The Morgan fingerprint density at radius 1 is 1.26 bits per heavy atom. The number of fused-ring (bicyclic) bond motifs is 5. The van der Waals surface area contributed by atoms with Crippen molar-refractivity contribution in [2.75, 3.05) is 0 Å². The van der Waals surface area contributed by atoms with Crippen LogP contribution in [-0.2, 0) is 9.59 Å². The lowest BCUT2D eigenvalue weighted by Crippen LogP contribution is -2.59. The van der Waals surface area contributed by atoms with Gasteiger partial charge in [-0.15, -0.1) is 0 Å². The molecule has 4 rings (SSSR count). The number of aliphatic hydroxyl groups is 1. The lowest BCUT2D eigenvalue weighted by atomic mass is 9.45. The topological polar surface area (TPSA) is 54.4 Å². The van der Waals surface area contributed by atoms with Crippen molar-refractivity contribution in [3.05, 3.63) is 11.6 Å². The minimum absolute atomic E-state index is 0.00160. The molecule has 0 amide bonds. The fourth-order valence-electron chi connectivity index (χ4n) is 6.95. The number of Topliss-reactive ketones (excluding diaryl/α,β-unsaturated/α-hetero) is 1. The highest BCUT2D eigenvalue weighted by molar-refractivity contribution is 6.11. The van der Waals surface area contributed by atoms with Crippen LogP contribution in [0.1, 0.15) is 59.3 Å². The number of carbonyl (C=O) groups is 2. The van der Waals surface area contributed by atoms with Gasteiger partial charge >= 0.3 is 0 Å². The van der Waals surface area contributed by atoms with E-state index >= 15 is 0 Å². The van der Waals surface area contributed by atoms with Gasteiger partial charge in [0.25, 0.3) is 0 Å². The largest absolute Gasteiger partial charge is 0.393 e. The zero-order valence-corrected chi connectivity index (χ0v) is 14.5. The molecule has 0 spiro atoms. The van der Waals surface area contributed by atoms with Gasteiger partial charge in [0.15, 0.2) is 11.6 Å². The number of ketones is 2.